The molecule has 1 heterocycles. The van der Waals surface area contributed by atoms with Gasteiger partial charge in [0.15, 0.2) is 6.10 Å². The number of nitrogens with zero attached hydrogens (tertiary/aromatic N) is 2. The molecule has 26 heavy (non-hydrogen) atoms. The van der Waals surface area contributed by atoms with Crippen LogP contribution in [0.4, 0.5) is 0 Å². The van der Waals surface area contributed by atoms with Gasteiger partial charge in [0.1, 0.15) is 0 Å². The van der Waals surface area contributed by atoms with E-state index < -0.39 is 22.1 Å². The van der Waals surface area contributed by atoms with Crippen LogP contribution in [0.1, 0.15) is 44.0 Å². The first-order valence-corrected chi connectivity index (χ1v) is 10.2. The first kappa shape index (κ1) is 20.4. The van der Waals surface area contributed by atoms with Crippen LogP contribution >= 0.6 is 0 Å². The van der Waals surface area contributed by atoms with Crippen LogP contribution < -0.4 is 0 Å². The normalized spacial score (nSPS) is 16.2. The van der Waals surface area contributed by atoms with E-state index in [9.17, 15) is 18.0 Å². The third-order valence-electron chi connectivity index (χ3n) is 4.52. The second-order valence-corrected chi connectivity index (χ2v) is 8.72. The number of carbonyl (C=O) groups is 2. The Morgan fingerprint density at radius 3 is 2.35 bits per heavy atom. The molecule has 1 saturated heterocycles. The molecule has 1 fully saturated rings. The van der Waals surface area contributed by atoms with Crippen molar-refractivity contribution in [2.75, 3.05) is 20.1 Å². The van der Waals surface area contributed by atoms with E-state index in [1.807, 2.05) is 0 Å². The van der Waals surface area contributed by atoms with Crippen molar-refractivity contribution in [2.24, 2.45) is 0 Å². The highest BCUT2D eigenvalue weighted by Crippen LogP contribution is 2.19. The highest BCUT2D eigenvalue weighted by atomic mass is 32.2. The molecule has 0 radical (unpaired) electrons. The van der Waals surface area contributed by atoms with Gasteiger partial charge in [-0.2, -0.15) is 4.31 Å². The lowest BCUT2D eigenvalue weighted by molar-refractivity contribution is -0.138. The zero-order valence-corrected chi connectivity index (χ0v) is 16.5. The lowest BCUT2D eigenvalue weighted by atomic mass is 10.2. The van der Waals surface area contributed by atoms with Crippen LogP contribution in [0.25, 0.3) is 0 Å². The predicted molar refractivity (Wildman–Crippen MR) is 97.2 cm³/mol. The number of benzene rings is 1. The fourth-order valence-electron chi connectivity index (χ4n) is 2.70. The summed E-state index contributed by atoms with van der Waals surface area (Å²) < 4.78 is 31.6. The number of ether oxygens (including phenoxy) is 1. The van der Waals surface area contributed by atoms with Crippen molar-refractivity contribution < 1.29 is 22.7 Å². The number of rotatable bonds is 6. The SMILES string of the molecule is CC(C)N(C)S(=O)(=O)c1cccc(C(=O)O[C@@H](C)C(=O)N2CCCC2)c1. The van der Waals surface area contributed by atoms with Crippen molar-refractivity contribution in [3.8, 4) is 0 Å². The Morgan fingerprint density at radius 1 is 1.15 bits per heavy atom. The van der Waals surface area contributed by atoms with Gasteiger partial charge in [0.2, 0.25) is 10.0 Å². The van der Waals surface area contributed by atoms with Crippen LogP contribution in [-0.4, -0.2) is 61.8 Å². The molecule has 0 saturated carbocycles. The fraction of sp³-hybridized carbons (Fsp3) is 0.556. The second kappa shape index (κ2) is 8.18. The van der Waals surface area contributed by atoms with E-state index in [0.717, 1.165) is 12.8 Å². The van der Waals surface area contributed by atoms with E-state index in [1.165, 1.54) is 42.5 Å². The number of hydrogen-bond acceptors (Lipinski definition) is 5. The molecule has 1 aliphatic rings. The Bertz CT molecular complexity index is 770. The van der Waals surface area contributed by atoms with E-state index in [4.69, 9.17) is 4.74 Å². The largest absolute Gasteiger partial charge is 0.449 e. The van der Waals surface area contributed by atoms with Gasteiger partial charge in [-0.15, -0.1) is 0 Å². The maximum Gasteiger partial charge on any atom is 0.338 e. The van der Waals surface area contributed by atoms with E-state index in [2.05, 4.69) is 0 Å². The Kier molecular flexibility index (Phi) is 6.41. The number of carbonyl (C=O) groups excluding carboxylic acids is 2. The number of amides is 1. The first-order valence-electron chi connectivity index (χ1n) is 8.72. The molecule has 7 nitrogen and oxygen atoms in total. The molecule has 144 valence electrons. The van der Waals surface area contributed by atoms with Gasteiger partial charge in [0, 0.05) is 26.2 Å². The van der Waals surface area contributed by atoms with Crippen molar-refractivity contribution in [1.82, 2.24) is 9.21 Å². The molecule has 0 unspecified atom stereocenters. The van der Waals surface area contributed by atoms with Crippen molar-refractivity contribution in [3.63, 3.8) is 0 Å². The molecule has 0 aromatic heterocycles. The van der Waals surface area contributed by atoms with Gasteiger partial charge in [0.05, 0.1) is 10.5 Å². The molecular weight excluding hydrogens is 356 g/mol. The van der Waals surface area contributed by atoms with Gasteiger partial charge in [-0.3, -0.25) is 4.79 Å². The van der Waals surface area contributed by atoms with Crippen molar-refractivity contribution in [3.05, 3.63) is 29.8 Å². The van der Waals surface area contributed by atoms with Crippen LogP contribution in [0.5, 0.6) is 0 Å². The van der Waals surface area contributed by atoms with Gasteiger partial charge >= 0.3 is 5.97 Å². The number of sulfonamides is 1. The molecule has 1 aromatic rings. The first-order chi connectivity index (χ1) is 12.1. The smallest absolute Gasteiger partial charge is 0.338 e. The van der Waals surface area contributed by atoms with Crippen molar-refractivity contribution in [1.29, 1.82) is 0 Å². The zero-order valence-electron chi connectivity index (χ0n) is 15.6. The second-order valence-electron chi connectivity index (χ2n) is 6.72. The van der Waals surface area contributed by atoms with E-state index >= 15 is 0 Å². The number of hydrogen-bond donors (Lipinski definition) is 0. The summed E-state index contributed by atoms with van der Waals surface area (Å²) >= 11 is 0. The molecular formula is C18H26N2O5S. The molecule has 0 aliphatic carbocycles. The molecule has 2 rings (SSSR count). The third-order valence-corrected chi connectivity index (χ3v) is 6.55. The van der Waals surface area contributed by atoms with Gasteiger partial charge in [-0.05, 0) is 51.8 Å². The topological polar surface area (TPSA) is 84.0 Å². The molecule has 1 atom stereocenters. The summed E-state index contributed by atoms with van der Waals surface area (Å²) in [6.45, 7) is 6.42. The number of esters is 1. The molecule has 0 N–H and O–H groups in total. The molecule has 1 aliphatic heterocycles. The Hall–Kier alpha value is -1.93. The van der Waals surface area contributed by atoms with Crippen LogP contribution in [-0.2, 0) is 19.6 Å². The minimum absolute atomic E-state index is 0.0154. The highest BCUT2D eigenvalue weighted by Gasteiger charge is 2.27. The summed E-state index contributed by atoms with van der Waals surface area (Å²) in [5.74, 6) is -0.937. The summed E-state index contributed by atoms with van der Waals surface area (Å²) in [4.78, 5) is 26.3. The van der Waals surface area contributed by atoms with Crippen LogP contribution in [0.3, 0.4) is 0 Å². The van der Waals surface area contributed by atoms with E-state index in [1.54, 1.807) is 18.7 Å². The van der Waals surface area contributed by atoms with Gasteiger partial charge in [-0.25, -0.2) is 13.2 Å². The zero-order chi connectivity index (χ0) is 19.5. The Morgan fingerprint density at radius 2 is 1.77 bits per heavy atom. The Labute approximate surface area is 155 Å². The third kappa shape index (κ3) is 4.42. The lowest BCUT2D eigenvalue weighted by Crippen LogP contribution is -2.38. The summed E-state index contributed by atoms with van der Waals surface area (Å²) in [5, 5.41) is 0. The summed E-state index contributed by atoms with van der Waals surface area (Å²) in [5.41, 5.74) is 0.101. The molecule has 8 heteroatoms. The molecule has 1 amide bonds. The minimum atomic E-state index is -3.70. The predicted octanol–water partition coefficient (Wildman–Crippen LogP) is 1.88. The standard InChI is InChI=1S/C18H26N2O5S/c1-13(2)19(4)26(23,24)16-9-7-8-15(12-16)18(22)25-14(3)17(21)20-10-5-6-11-20/h7-9,12-14H,5-6,10-11H2,1-4H3/t14-/m0/s1. The van der Waals surface area contributed by atoms with Gasteiger partial charge < -0.3 is 9.64 Å². The van der Waals surface area contributed by atoms with Gasteiger partial charge in [-0.1, -0.05) is 6.07 Å². The van der Waals surface area contributed by atoms with Crippen LogP contribution in [0, 0.1) is 0 Å². The molecule has 0 spiro atoms. The maximum absolute atomic E-state index is 12.6. The summed E-state index contributed by atoms with van der Waals surface area (Å²) in [6, 6.07) is 5.47. The summed E-state index contributed by atoms with van der Waals surface area (Å²) in [7, 11) is -2.21. The average Bonchev–Trinajstić information content (AvgIpc) is 3.14. The lowest BCUT2D eigenvalue weighted by Gasteiger charge is -2.22. The van der Waals surface area contributed by atoms with E-state index in [0.29, 0.717) is 13.1 Å². The van der Waals surface area contributed by atoms with Gasteiger partial charge in [0.25, 0.3) is 5.91 Å². The fourth-order valence-corrected chi connectivity index (χ4v) is 4.12. The van der Waals surface area contributed by atoms with Crippen molar-refractivity contribution in [2.45, 2.75) is 50.7 Å². The van der Waals surface area contributed by atoms with Crippen molar-refractivity contribution >= 4 is 21.9 Å². The quantitative estimate of drug-likeness (QED) is 0.702. The van der Waals surface area contributed by atoms with Crippen LogP contribution in [0.2, 0.25) is 0 Å². The molecule has 1 aromatic carbocycles. The van der Waals surface area contributed by atoms with E-state index in [-0.39, 0.29) is 22.4 Å². The minimum Gasteiger partial charge on any atom is -0.449 e. The highest BCUT2D eigenvalue weighted by molar-refractivity contribution is 7.89. The monoisotopic (exact) mass is 382 g/mol. The summed E-state index contributed by atoms with van der Waals surface area (Å²) in [6.07, 6.45) is 1.00. The molecule has 0 bridgehead atoms. The Balaban J connectivity index is 2.14. The van der Waals surface area contributed by atoms with Crippen LogP contribution in [0.15, 0.2) is 29.2 Å². The number of likely N-dealkylation sites (tertiary alicyclic amines) is 1. The maximum atomic E-state index is 12.6. The average molecular weight is 382 g/mol.